The Balaban J connectivity index is 1.68. The van der Waals surface area contributed by atoms with Gasteiger partial charge in [0.2, 0.25) is 0 Å². The maximum Gasteiger partial charge on any atom is 0.263 e. The second kappa shape index (κ2) is 5.99. The van der Waals surface area contributed by atoms with Crippen molar-refractivity contribution in [1.82, 2.24) is 15.2 Å². The van der Waals surface area contributed by atoms with Crippen LogP contribution in [0.4, 0.5) is 5.69 Å². The molecule has 1 fully saturated rings. The summed E-state index contributed by atoms with van der Waals surface area (Å²) in [5.41, 5.74) is 6.65. The fourth-order valence-corrected chi connectivity index (χ4v) is 3.90. The standard InChI is InChI=1S/C15H20N4OS/c1-19-6-2-3-10(9-19)7-18-15(20)14-13(16)11-4-5-17-8-12(11)21-14/h4-5,8,10H,2-3,6-7,9,16H2,1H3,(H,18,20). The normalized spacial score (nSPS) is 19.8. The average molecular weight is 304 g/mol. The maximum absolute atomic E-state index is 12.3. The lowest BCUT2D eigenvalue weighted by Gasteiger charge is -2.29. The van der Waals surface area contributed by atoms with E-state index in [9.17, 15) is 4.79 Å². The number of nitrogens with one attached hydrogen (secondary N) is 1. The molecule has 1 atom stereocenters. The van der Waals surface area contributed by atoms with Crippen molar-refractivity contribution < 1.29 is 4.79 Å². The van der Waals surface area contributed by atoms with Gasteiger partial charge >= 0.3 is 0 Å². The number of fused-ring (bicyclic) bond motifs is 1. The van der Waals surface area contributed by atoms with E-state index in [-0.39, 0.29) is 5.91 Å². The van der Waals surface area contributed by atoms with Gasteiger partial charge in [-0.05, 0) is 38.4 Å². The SMILES string of the molecule is CN1CCCC(CNC(=O)c2sc3cnccc3c2N)C1. The predicted octanol–water partition coefficient (Wildman–Crippen LogP) is 1.95. The van der Waals surface area contributed by atoms with E-state index in [1.54, 1.807) is 12.4 Å². The molecule has 6 heteroatoms. The second-order valence-corrected chi connectivity index (χ2v) is 6.75. The fraction of sp³-hybridized carbons (Fsp3) is 0.467. The van der Waals surface area contributed by atoms with Crippen molar-refractivity contribution >= 4 is 33.0 Å². The zero-order chi connectivity index (χ0) is 14.8. The van der Waals surface area contributed by atoms with Crippen LogP contribution in [0.15, 0.2) is 18.5 Å². The highest BCUT2D eigenvalue weighted by Gasteiger charge is 2.20. The topological polar surface area (TPSA) is 71.2 Å². The molecular formula is C15H20N4OS. The van der Waals surface area contributed by atoms with Crippen molar-refractivity contribution in [1.29, 1.82) is 0 Å². The fourth-order valence-electron chi connectivity index (χ4n) is 2.90. The minimum absolute atomic E-state index is 0.0677. The molecule has 112 valence electrons. The summed E-state index contributed by atoms with van der Waals surface area (Å²) in [6.45, 7) is 2.92. The Hall–Kier alpha value is -1.66. The highest BCUT2D eigenvalue weighted by Crippen LogP contribution is 2.32. The van der Waals surface area contributed by atoms with Crippen molar-refractivity contribution in [2.75, 3.05) is 32.4 Å². The summed E-state index contributed by atoms with van der Waals surface area (Å²) in [6, 6.07) is 1.86. The van der Waals surface area contributed by atoms with Crippen LogP contribution in [0.25, 0.3) is 10.1 Å². The van der Waals surface area contributed by atoms with Crippen LogP contribution in [0.5, 0.6) is 0 Å². The van der Waals surface area contributed by atoms with E-state index in [0.717, 1.165) is 29.7 Å². The lowest BCUT2D eigenvalue weighted by atomic mass is 9.98. The number of carbonyl (C=O) groups is 1. The van der Waals surface area contributed by atoms with Crippen LogP contribution in [0.2, 0.25) is 0 Å². The molecule has 1 saturated heterocycles. The molecule has 3 heterocycles. The van der Waals surface area contributed by atoms with Crippen molar-refractivity contribution in [2.45, 2.75) is 12.8 Å². The molecule has 2 aromatic heterocycles. The first-order valence-electron chi connectivity index (χ1n) is 7.24. The number of aromatic nitrogens is 1. The zero-order valence-electron chi connectivity index (χ0n) is 12.1. The Kier molecular flexibility index (Phi) is 4.07. The van der Waals surface area contributed by atoms with Crippen LogP contribution in [-0.2, 0) is 0 Å². The highest BCUT2D eigenvalue weighted by atomic mass is 32.1. The van der Waals surface area contributed by atoms with Gasteiger partial charge in [0.15, 0.2) is 0 Å². The number of piperidine rings is 1. The first-order valence-corrected chi connectivity index (χ1v) is 8.05. The van der Waals surface area contributed by atoms with E-state index in [1.165, 1.54) is 24.2 Å². The number of anilines is 1. The molecule has 0 spiro atoms. The van der Waals surface area contributed by atoms with Crippen molar-refractivity contribution in [3.63, 3.8) is 0 Å². The van der Waals surface area contributed by atoms with Gasteiger partial charge in [-0.25, -0.2) is 0 Å². The molecule has 0 aliphatic carbocycles. The molecule has 0 bridgehead atoms. The number of hydrogen-bond donors (Lipinski definition) is 2. The van der Waals surface area contributed by atoms with Crippen LogP contribution in [0, 0.1) is 5.92 Å². The molecule has 5 nitrogen and oxygen atoms in total. The van der Waals surface area contributed by atoms with Gasteiger partial charge in [-0.15, -0.1) is 11.3 Å². The van der Waals surface area contributed by atoms with Crippen LogP contribution in [0.1, 0.15) is 22.5 Å². The first kappa shape index (κ1) is 14.3. The average Bonchev–Trinajstić information content (AvgIpc) is 2.83. The van der Waals surface area contributed by atoms with Gasteiger partial charge < -0.3 is 16.0 Å². The third-order valence-electron chi connectivity index (χ3n) is 4.01. The summed E-state index contributed by atoms with van der Waals surface area (Å²) in [5.74, 6) is 0.465. The van der Waals surface area contributed by atoms with Gasteiger partial charge in [-0.2, -0.15) is 0 Å². The van der Waals surface area contributed by atoms with Crippen LogP contribution < -0.4 is 11.1 Å². The molecule has 0 aromatic carbocycles. The largest absolute Gasteiger partial charge is 0.397 e. The predicted molar refractivity (Wildman–Crippen MR) is 86.6 cm³/mol. The molecule has 2 aromatic rings. The molecule has 1 aliphatic heterocycles. The first-order chi connectivity index (χ1) is 10.1. The summed E-state index contributed by atoms with van der Waals surface area (Å²) in [5, 5.41) is 3.95. The summed E-state index contributed by atoms with van der Waals surface area (Å²) in [6.07, 6.45) is 5.83. The molecule has 1 unspecified atom stereocenters. The van der Waals surface area contributed by atoms with Crippen molar-refractivity contribution in [2.24, 2.45) is 5.92 Å². The summed E-state index contributed by atoms with van der Waals surface area (Å²) in [4.78, 5) is 19.3. The van der Waals surface area contributed by atoms with Crippen LogP contribution in [-0.4, -0.2) is 42.5 Å². The zero-order valence-corrected chi connectivity index (χ0v) is 12.9. The summed E-state index contributed by atoms with van der Waals surface area (Å²) < 4.78 is 0.956. The van der Waals surface area contributed by atoms with E-state index in [4.69, 9.17) is 5.73 Å². The van der Waals surface area contributed by atoms with Crippen LogP contribution in [0.3, 0.4) is 0 Å². The summed E-state index contributed by atoms with van der Waals surface area (Å²) >= 11 is 1.41. The Morgan fingerprint density at radius 2 is 2.48 bits per heavy atom. The molecule has 0 radical (unpaired) electrons. The van der Waals surface area contributed by atoms with E-state index in [0.29, 0.717) is 16.5 Å². The number of pyridine rings is 1. The smallest absolute Gasteiger partial charge is 0.263 e. The van der Waals surface area contributed by atoms with Gasteiger partial charge in [-0.3, -0.25) is 9.78 Å². The number of nitrogens with two attached hydrogens (primary N) is 1. The lowest BCUT2D eigenvalue weighted by Crippen LogP contribution is -2.39. The van der Waals surface area contributed by atoms with Gasteiger partial charge in [-0.1, -0.05) is 0 Å². The number of likely N-dealkylation sites (tertiary alicyclic amines) is 1. The molecular weight excluding hydrogens is 284 g/mol. The van der Waals surface area contributed by atoms with Crippen LogP contribution >= 0.6 is 11.3 Å². The second-order valence-electron chi connectivity index (χ2n) is 5.70. The van der Waals surface area contributed by atoms with Gasteiger partial charge in [0, 0.05) is 30.9 Å². The third kappa shape index (κ3) is 3.01. The molecule has 1 amide bonds. The number of nitrogens with zero attached hydrogens (tertiary/aromatic N) is 2. The molecule has 3 rings (SSSR count). The lowest BCUT2D eigenvalue weighted by molar-refractivity contribution is 0.0941. The Morgan fingerprint density at radius 3 is 3.24 bits per heavy atom. The number of rotatable bonds is 3. The molecule has 21 heavy (non-hydrogen) atoms. The van der Waals surface area contributed by atoms with E-state index >= 15 is 0 Å². The minimum atomic E-state index is -0.0677. The molecule has 0 saturated carbocycles. The van der Waals surface area contributed by atoms with Gasteiger partial charge in [0.05, 0.1) is 10.4 Å². The molecule has 1 aliphatic rings. The van der Waals surface area contributed by atoms with Gasteiger partial charge in [0.1, 0.15) is 4.88 Å². The third-order valence-corrected chi connectivity index (χ3v) is 5.17. The number of nitrogen functional groups attached to an aromatic ring is 1. The Bertz CT molecular complexity index is 654. The van der Waals surface area contributed by atoms with E-state index in [2.05, 4.69) is 22.2 Å². The highest BCUT2D eigenvalue weighted by molar-refractivity contribution is 7.21. The van der Waals surface area contributed by atoms with E-state index in [1.807, 2.05) is 6.07 Å². The maximum atomic E-state index is 12.3. The quantitative estimate of drug-likeness (QED) is 0.909. The Labute approximate surface area is 128 Å². The van der Waals surface area contributed by atoms with E-state index < -0.39 is 0 Å². The number of thiophene rings is 1. The number of hydrogen-bond acceptors (Lipinski definition) is 5. The Morgan fingerprint density at radius 1 is 1.62 bits per heavy atom. The van der Waals surface area contributed by atoms with Gasteiger partial charge in [0.25, 0.3) is 5.91 Å². The van der Waals surface area contributed by atoms with Crippen molar-refractivity contribution in [3.8, 4) is 0 Å². The molecule has 3 N–H and O–H groups in total. The number of amides is 1. The summed E-state index contributed by atoms with van der Waals surface area (Å²) in [7, 11) is 2.13. The minimum Gasteiger partial charge on any atom is -0.397 e. The van der Waals surface area contributed by atoms with Crippen molar-refractivity contribution in [3.05, 3.63) is 23.3 Å². The monoisotopic (exact) mass is 304 g/mol. The number of carbonyl (C=O) groups excluding carboxylic acids is 1.